The maximum Gasteiger partial charge on any atom is 0.236 e. The number of likely N-dealkylation sites (N-methyl/N-ethyl adjacent to an activating group) is 1. The Morgan fingerprint density at radius 1 is 0.902 bits per heavy atom. The third-order valence-electron chi connectivity index (χ3n) is 8.29. The van der Waals surface area contributed by atoms with Crippen LogP contribution in [0, 0.1) is 0 Å². The lowest BCUT2D eigenvalue weighted by atomic mass is 9.84. The Morgan fingerprint density at radius 2 is 1.61 bits per heavy atom. The summed E-state index contributed by atoms with van der Waals surface area (Å²) in [5.41, 5.74) is 23.9. The number of fused-ring (bicyclic) bond motifs is 1. The lowest BCUT2D eigenvalue weighted by Gasteiger charge is -2.51. The molecule has 17 heteroatoms. The van der Waals surface area contributed by atoms with Crippen molar-refractivity contribution in [2.45, 2.75) is 130 Å². The van der Waals surface area contributed by atoms with Crippen molar-refractivity contribution in [3.8, 4) is 0 Å². The zero-order chi connectivity index (χ0) is 30.2. The van der Waals surface area contributed by atoms with Crippen LogP contribution < -0.4 is 33.6 Å². The van der Waals surface area contributed by atoms with Gasteiger partial charge in [0.15, 0.2) is 18.9 Å². The van der Waals surface area contributed by atoms with Crippen LogP contribution in [0.3, 0.4) is 0 Å². The molecule has 0 radical (unpaired) electrons. The first-order chi connectivity index (χ1) is 19.4. The van der Waals surface area contributed by atoms with Crippen LogP contribution in [0.25, 0.3) is 0 Å². The molecule has 1 saturated carbocycles. The molecule has 238 valence electrons. The maximum absolute atomic E-state index is 12.0. The van der Waals surface area contributed by atoms with E-state index in [4.69, 9.17) is 46.6 Å². The molecule has 41 heavy (non-hydrogen) atoms. The maximum atomic E-state index is 12.0. The Kier molecular flexibility index (Phi) is 10.9. The number of hydrogen-bond acceptors (Lipinski definition) is 16. The van der Waals surface area contributed by atoms with Crippen molar-refractivity contribution < 1.29 is 54.0 Å². The van der Waals surface area contributed by atoms with Gasteiger partial charge in [-0.25, -0.2) is 0 Å². The number of carbonyl (C=O) groups is 1. The molecule has 17 nitrogen and oxygen atoms in total. The van der Waals surface area contributed by atoms with E-state index in [0.717, 1.165) is 0 Å². The molecular formula is C24H46N6O11. The minimum atomic E-state index is -1.35. The van der Waals surface area contributed by atoms with Crippen molar-refractivity contribution in [2.75, 3.05) is 13.7 Å². The van der Waals surface area contributed by atoms with Crippen molar-refractivity contribution in [3.05, 3.63) is 0 Å². The molecule has 4 rings (SSSR count). The molecule has 0 aromatic rings. The summed E-state index contributed by atoms with van der Waals surface area (Å²) in [4.78, 5) is 12.0. The number of aliphatic hydroxyl groups excluding tert-OH is 5. The first-order valence-electron chi connectivity index (χ1n) is 14.0. The van der Waals surface area contributed by atoms with Crippen LogP contribution in [-0.2, 0) is 28.5 Å². The minimum Gasteiger partial charge on any atom is -0.394 e. The van der Waals surface area contributed by atoms with E-state index in [0.29, 0.717) is 0 Å². The van der Waals surface area contributed by atoms with E-state index in [2.05, 4.69) is 10.6 Å². The highest BCUT2D eigenvalue weighted by molar-refractivity contribution is 5.81. The monoisotopic (exact) mass is 594 g/mol. The number of ether oxygens (including phenoxy) is 5. The molecule has 0 aromatic carbocycles. The van der Waals surface area contributed by atoms with Gasteiger partial charge in [-0.15, -0.1) is 0 Å². The van der Waals surface area contributed by atoms with E-state index in [9.17, 15) is 30.3 Å². The quantitative estimate of drug-likeness (QED) is 0.124. The predicted molar refractivity (Wildman–Crippen MR) is 139 cm³/mol. The van der Waals surface area contributed by atoms with E-state index < -0.39 is 116 Å². The fourth-order valence-corrected chi connectivity index (χ4v) is 5.87. The average Bonchev–Trinajstić information content (AvgIpc) is 2.91. The highest BCUT2D eigenvalue weighted by Crippen LogP contribution is 2.35. The molecule has 0 bridgehead atoms. The Labute approximate surface area is 237 Å². The molecule has 10 unspecified atom stereocenters. The number of rotatable bonds is 8. The SMILES string of the molecule is CNC1C(O[C@H]2OC(CO)[C@@H](NC(=O)[C@@H](C)N)CC2O)O[C@H]2CC(N)[C@@H](O[C@@H]3C(N)C[C@@H](N)C(O)C3O)OC2C1O. The van der Waals surface area contributed by atoms with Gasteiger partial charge in [-0.3, -0.25) is 4.79 Å². The second-order valence-corrected chi connectivity index (χ2v) is 11.4. The third kappa shape index (κ3) is 7.00. The van der Waals surface area contributed by atoms with E-state index in [-0.39, 0.29) is 19.3 Å². The van der Waals surface area contributed by atoms with Gasteiger partial charge in [0.25, 0.3) is 0 Å². The summed E-state index contributed by atoms with van der Waals surface area (Å²) in [6, 6.07) is -4.48. The van der Waals surface area contributed by atoms with Crippen LogP contribution in [0.4, 0.5) is 0 Å². The molecule has 3 saturated heterocycles. The normalized spacial score (nSPS) is 49.6. The molecule has 0 spiro atoms. The summed E-state index contributed by atoms with van der Waals surface area (Å²) in [5.74, 6) is -0.459. The molecule has 0 aromatic heterocycles. The van der Waals surface area contributed by atoms with Crippen molar-refractivity contribution in [1.29, 1.82) is 0 Å². The minimum absolute atomic E-state index is 0.0155. The lowest BCUT2D eigenvalue weighted by Crippen LogP contribution is -2.69. The first-order valence-corrected chi connectivity index (χ1v) is 14.0. The van der Waals surface area contributed by atoms with Gasteiger partial charge in [-0.2, -0.15) is 0 Å². The van der Waals surface area contributed by atoms with E-state index in [1.165, 1.54) is 6.92 Å². The Bertz CT molecular complexity index is 876. The number of amides is 1. The van der Waals surface area contributed by atoms with Crippen LogP contribution >= 0.6 is 0 Å². The van der Waals surface area contributed by atoms with Crippen LogP contribution in [0.2, 0.25) is 0 Å². The summed E-state index contributed by atoms with van der Waals surface area (Å²) in [5, 5.41) is 58.1. The van der Waals surface area contributed by atoms with Crippen molar-refractivity contribution in [1.82, 2.24) is 10.6 Å². The van der Waals surface area contributed by atoms with E-state index in [1.807, 2.05) is 0 Å². The number of nitrogens with two attached hydrogens (primary N) is 4. The zero-order valence-corrected chi connectivity index (χ0v) is 23.1. The molecule has 4 fully saturated rings. The van der Waals surface area contributed by atoms with Crippen LogP contribution in [0.1, 0.15) is 26.2 Å². The largest absolute Gasteiger partial charge is 0.394 e. The zero-order valence-electron chi connectivity index (χ0n) is 23.1. The number of aliphatic hydroxyl groups is 5. The summed E-state index contributed by atoms with van der Waals surface area (Å²) < 4.78 is 29.8. The van der Waals surface area contributed by atoms with Gasteiger partial charge < -0.3 is 82.8 Å². The number of carbonyl (C=O) groups excluding carboxylic acids is 1. The lowest BCUT2D eigenvalue weighted by molar-refractivity contribution is -0.367. The summed E-state index contributed by atoms with van der Waals surface area (Å²) in [6.07, 6.45) is -11.6. The molecule has 3 heterocycles. The molecule has 1 amide bonds. The third-order valence-corrected chi connectivity index (χ3v) is 8.29. The molecule has 4 aliphatic rings. The Balaban J connectivity index is 1.40. The Morgan fingerprint density at radius 3 is 2.24 bits per heavy atom. The van der Waals surface area contributed by atoms with E-state index in [1.54, 1.807) is 7.05 Å². The van der Waals surface area contributed by atoms with E-state index >= 15 is 0 Å². The van der Waals surface area contributed by atoms with Crippen molar-refractivity contribution in [3.63, 3.8) is 0 Å². The fraction of sp³-hybridized carbons (Fsp3) is 0.958. The average molecular weight is 595 g/mol. The van der Waals surface area contributed by atoms with Crippen LogP contribution in [0.5, 0.6) is 0 Å². The number of hydrogen-bond donors (Lipinski definition) is 11. The van der Waals surface area contributed by atoms with Gasteiger partial charge >= 0.3 is 0 Å². The second kappa shape index (κ2) is 13.7. The molecule has 17 atom stereocenters. The number of nitrogens with one attached hydrogen (secondary N) is 2. The fourth-order valence-electron chi connectivity index (χ4n) is 5.87. The molecule has 3 aliphatic heterocycles. The van der Waals surface area contributed by atoms with Gasteiger partial charge in [-0.1, -0.05) is 0 Å². The second-order valence-electron chi connectivity index (χ2n) is 11.4. The van der Waals surface area contributed by atoms with Crippen molar-refractivity contribution >= 4 is 5.91 Å². The van der Waals surface area contributed by atoms with Gasteiger partial charge in [0.05, 0.1) is 43.0 Å². The summed E-state index contributed by atoms with van der Waals surface area (Å²) in [6.45, 7) is 1.05. The molecule has 1 aliphatic carbocycles. The Hall–Kier alpha value is -1.13. The standard InChI is InChI=1S/C24H46N6O11/c1-7(25)21(36)30-11-5-12(32)23(38-14(11)6-31)41-24-15(29-2)17(34)20-13(37-24)4-10(28)22(40-20)39-19-9(27)3-8(26)16(33)18(19)35/h7-20,22-24,29,31-35H,3-6,25-28H2,1-2H3,(H,30,36)/t7-,8-,9?,10?,11+,12?,13+,14?,15?,16?,17?,18?,19-,20?,22+,23-,24?/m1/s1. The van der Waals surface area contributed by atoms with Gasteiger partial charge in [-0.05, 0) is 26.8 Å². The highest BCUT2D eigenvalue weighted by Gasteiger charge is 2.53. The van der Waals surface area contributed by atoms with Crippen molar-refractivity contribution in [2.24, 2.45) is 22.9 Å². The van der Waals surface area contributed by atoms with Gasteiger partial charge in [0.2, 0.25) is 5.91 Å². The van der Waals surface area contributed by atoms with Crippen LogP contribution in [0.15, 0.2) is 0 Å². The topological polar surface area (TPSA) is 293 Å². The molecular weight excluding hydrogens is 548 g/mol. The first kappa shape index (κ1) is 32.8. The summed E-state index contributed by atoms with van der Waals surface area (Å²) in [7, 11) is 1.58. The smallest absolute Gasteiger partial charge is 0.236 e. The highest BCUT2D eigenvalue weighted by atomic mass is 16.8. The molecule has 15 N–H and O–H groups in total. The summed E-state index contributed by atoms with van der Waals surface area (Å²) >= 11 is 0. The van der Waals surface area contributed by atoms with Crippen LogP contribution in [-0.4, -0.2) is 149 Å². The van der Waals surface area contributed by atoms with Gasteiger partial charge in [0.1, 0.15) is 36.6 Å². The predicted octanol–water partition coefficient (Wildman–Crippen LogP) is -6.42. The van der Waals surface area contributed by atoms with Gasteiger partial charge in [0, 0.05) is 18.5 Å².